The number of carbonyl (C=O) groups excluding carboxylic acids is 1. The molecule has 2 aromatic heterocycles. The number of nitrogens with one attached hydrogen (secondary N) is 1. The van der Waals surface area contributed by atoms with Gasteiger partial charge in [0.25, 0.3) is 5.56 Å². The van der Waals surface area contributed by atoms with E-state index in [0.717, 1.165) is 26.9 Å². The Balaban J connectivity index is 1.71. The number of amides is 1. The van der Waals surface area contributed by atoms with E-state index in [-0.39, 0.29) is 18.0 Å². The van der Waals surface area contributed by atoms with Gasteiger partial charge >= 0.3 is 0 Å². The molecule has 0 saturated heterocycles. The zero-order valence-electron chi connectivity index (χ0n) is 16.3. The highest BCUT2D eigenvalue weighted by Gasteiger charge is 2.19. The van der Waals surface area contributed by atoms with Crippen molar-refractivity contribution in [1.29, 1.82) is 0 Å². The van der Waals surface area contributed by atoms with E-state index in [1.165, 1.54) is 22.2 Å². The predicted molar refractivity (Wildman–Crippen MR) is 131 cm³/mol. The highest BCUT2D eigenvalue weighted by molar-refractivity contribution is 9.10. The molecule has 0 fully saturated rings. The lowest BCUT2D eigenvalue weighted by atomic mass is 10.0. The summed E-state index contributed by atoms with van der Waals surface area (Å²) in [4.78, 5) is 32.1. The van der Waals surface area contributed by atoms with Crippen molar-refractivity contribution in [2.24, 2.45) is 0 Å². The van der Waals surface area contributed by atoms with Crippen LogP contribution in [-0.4, -0.2) is 15.5 Å². The van der Waals surface area contributed by atoms with Crippen molar-refractivity contribution in [2.75, 3.05) is 5.32 Å². The first-order valence-electron chi connectivity index (χ1n) is 9.39. The number of rotatable bonds is 5. The van der Waals surface area contributed by atoms with Crippen molar-refractivity contribution in [3.05, 3.63) is 78.5 Å². The molecule has 2 aromatic carbocycles. The Bertz CT molecular complexity index is 1350. The lowest BCUT2D eigenvalue weighted by Crippen LogP contribution is -2.27. The Labute approximate surface area is 200 Å². The molecular formula is C22H16BrCl2N3O2S. The monoisotopic (exact) mass is 535 g/mol. The number of hydrogen-bond donors (Lipinski definition) is 1. The van der Waals surface area contributed by atoms with E-state index in [0.29, 0.717) is 25.9 Å². The van der Waals surface area contributed by atoms with E-state index in [1.54, 1.807) is 18.2 Å². The number of aromatic nitrogens is 2. The van der Waals surface area contributed by atoms with Crippen molar-refractivity contribution in [3.8, 4) is 11.1 Å². The summed E-state index contributed by atoms with van der Waals surface area (Å²) in [5, 5.41) is 4.00. The summed E-state index contributed by atoms with van der Waals surface area (Å²) in [6.45, 7) is 1.88. The number of fused-ring (bicyclic) bond motifs is 1. The first-order valence-corrected chi connectivity index (χ1v) is 11.8. The van der Waals surface area contributed by atoms with E-state index < -0.39 is 0 Å². The van der Waals surface area contributed by atoms with Gasteiger partial charge in [0.1, 0.15) is 11.4 Å². The van der Waals surface area contributed by atoms with Gasteiger partial charge in [-0.05, 0) is 42.3 Å². The van der Waals surface area contributed by atoms with Gasteiger partial charge in [-0.2, -0.15) is 0 Å². The fourth-order valence-corrected chi connectivity index (χ4v) is 4.94. The molecule has 1 amide bonds. The van der Waals surface area contributed by atoms with Crippen LogP contribution in [0.15, 0.2) is 58.1 Å². The fraction of sp³-hybridized carbons (Fsp3) is 0.136. The highest BCUT2D eigenvalue weighted by Crippen LogP contribution is 2.36. The van der Waals surface area contributed by atoms with E-state index in [4.69, 9.17) is 23.2 Å². The molecule has 0 saturated carbocycles. The van der Waals surface area contributed by atoms with E-state index in [2.05, 4.69) is 33.2 Å². The van der Waals surface area contributed by atoms with Gasteiger partial charge in [0.15, 0.2) is 0 Å². The van der Waals surface area contributed by atoms with Gasteiger partial charge in [0.2, 0.25) is 5.91 Å². The molecule has 31 heavy (non-hydrogen) atoms. The molecule has 0 spiro atoms. The zero-order valence-corrected chi connectivity index (χ0v) is 20.2. The molecule has 0 radical (unpaired) electrons. The summed E-state index contributed by atoms with van der Waals surface area (Å²) in [5.41, 5.74) is 2.08. The maximum absolute atomic E-state index is 13.3. The quantitative estimate of drug-likeness (QED) is 0.321. The van der Waals surface area contributed by atoms with Crippen LogP contribution in [0.1, 0.15) is 11.8 Å². The van der Waals surface area contributed by atoms with Gasteiger partial charge < -0.3 is 5.32 Å². The maximum atomic E-state index is 13.3. The van der Waals surface area contributed by atoms with Crippen LogP contribution in [0.2, 0.25) is 10.0 Å². The molecule has 9 heteroatoms. The molecule has 0 unspecified atom stereocenters. The smallest absolute Gasteiger partial charge is 0.263 e. The first-order chi connectivity index (χ1) is 14.9. The van der Waals surface area contributed by atoms with Gasteiger partial charge in [0, 0.05) is 20.6 Å². The molecule has 0 bridgehead atoms. The van der Waals surface area contributed by atoms with Gasteiger partial charge in [-0.15, -0.1) is 11.3 Å². The van der Waals surface area contributed by atoms with Crippen molar-refractivity contribution in [2.45, 2.75) is 19.9 Å². The van der Waals surface area contributed by atoms with Crippen LogP contribution in [0.4, 0.5) is 5.69 Å². The second kappa shape index (κ2) is 9.12. The van der Waals surface area contributed by atoms with E-state index in [1.807, 2.05) is 24.3 Å². The molecule has 4 aromatic rings. The number of nitrogens with zero attached hydrogens (tertiary/aromatic N) is 2. The van der Waals surface area contributed by atoms with Crippen molar-refractivity contribution < 1.29 is 4.79 Å². The molecule has 2 heterocycles. The van der Waals surface area contributed by atoms with Crippen molar-refractivity contribution >= 4 is 72.3 Å². The summed E-state index contributed by atoms with van der Waals surface area (Å²) in [5.74, 6) is -0.363. The third-order valence-electron chi connectivity index (χ3n) is 4.72. The van der Waals surface area contributed by atoms with E-state index in [9.17, 15) is 9.59 Å². The van der Waals surface area contributed by atoms with Crippen molar-refractivity contribution in [1.82, 2.24) is 9.55 Å². The van der Waals surface area contributed by atoms with Crippen molar-refractivity contribution in [3.63, 3.8) is 0 Å². The highest BCUT2D eigenvalue weighted by atomic mass is 79.9. The molecule has 0 atom stereocenters. The van der Waals surface area contributed by atoms with Gasteiger partial charge in [-0.3, -0.25) is 14.2 Å². The van der Waals surface area contributed by atoms with Gasteiger partial charge in [-0.1, -0.05) is 58.2 Å². The minimum Gasteiger partial charge on any atom is -0.324 e. The van der Waals surface area contributed by atoms with Crippen LogP contribution in [0.25, 0.3) is 21.3 Å². The van der Waals surface area contributed by atoms with Gasteiger partial charge in [0.05, 0.1) is 21.8 Å². The molecule has 158 valence electrons. The number of halogens is 3. The topological polar surface area (TPSA) is 64.0 Å². The molecule has 4 rings (SSSR count). The average molecular weight is 537 g/mol. The standard InChI is InChI=1S/C22H16BrCl2N3O2S/c1-2-17-19(12-3-5-13(23)6-4-12)20-21(31-17)26-11-28(22(20)30)10-18(29)27-14-7-8-15(24)16(25)9-14/h3-9,11H,2,10H2,1H3,(H,27,29). The zero-order chi connectivity index (χ0) is 22.1. The minimum absolute atomic E-state index is 0.168. The second-order valence-electron chi connectivity index (χ2n) is 6.80. The number of benzene rings is 2. The molecule has 0 aliphatic heterocycles. The summed E-state index contributed by atoms with van der Waals surface area (Å²) >= 11 is 16.9. The maximum Gasteiger partial charge on any atom is 0.263 e. The normalized spacial score (nSPS) is 11.1. The average Bonchev–Trinajstić information content (AvgIpc) is 3.13. The molecule has 5 nitrogen and oxygen atoms in total. The Morgan fingerprint density at radius 2 is 1.90 bits per heavy atom. The third kappa shape index (κ3) is 4.55. The lowest BCUT2D eigenvalue weighted by molar-refractivity contribution is -0.116. The SMILES string of the molecule is CCc1sc2ncn(CC(=O)Nc3ccc(Cl)c(Cl)c3)c(=O)c2c1-c1ccc(Br)cc1. The van der Waals surface area contributed by atoms with Crippen LogP contribution in [0, 0.1) is 0 Å². The fourth-order valence-electron chi connectivity index (χ4n) is 3.29. The second-order valence-corrected chi connectivity index (χ2v) is 9.61. The molecule has 0 aliphatic rings. The number of aryl methyl sites for hydroxylation is 1. The van der Waals surface area contributed by atoms with E-state index >= 15 is 0 Å². The summed E-state index contributed by atoms with van der Waals surface area (Å²) in [6.07, 6.45) is 2.20. The summed E-state index contributed by atoms with van der Waals surface area (Å²) in [6, 6.07) is 12.6. The molecule has 0 aliphatic carbocycles. The number of hydrogen-bond acceptors (Lipinski definition) is 4. The Hall–Kier alpha value is -2.19. The molecule has 1 N–H and O–H groups in total. The minimum atomic E-state index is -0.363. The number of carbonyl (C=O) groups is 1. The first kappa shape index (κ1) is 22.0. The van der Waals surface area contributed by atoms with Gasteiger partial charge in [-0.25, -0.2) is 4.98 Å². The van der Waals surface area contributed by atoms with Crippen LogP contribution in [0.3, 0.4) is 0 Å². The summed E-state index contributed by atoms with van der Waals surface area (Å²) in [7, 11) is 0. The number of thiophene rings is 1. The van der Waals surface area contributed by atoms with Crippen LogP contribution in [0.5, 0.6) is 0 Å². The largest absolute Gasteiger partial charge is 0.324 e. The Morgan fingerprint density at radius 1 is 1.16 bits per heavy atom. The van der Waals surface area contributed by atoms with Crippen LogP contribution >= 0.6 is 50.5 Å². The van der Waals surface area contributed by atoms with Crippen LogP contribution < -0.4 is 10.9 Å². The Morgan fingerprint density at radius 3 is 2.58 bits per heavy atom. The predicted octanol–water partition coefficient (Wildman–Crippen LogP) is 6.40. The lowest BCUT2D eigenvalue weighted by Gasteiger charge is -2.09. The summed E-state index contributed by atoms with van der Waals surface area (Å²) < 4.78 is 2.28. The Kier molecular flexibility index (Phi) is 6.48. The van der Waals surface area contributed by atoms with Crippen LogP contribution in [-0.2, 0) is 17.8 Å². The third-order valence-corrected chi connectivity index (χ3v) is 7.23. The molecular weight excluding hydrogens is 521 g/mol. The number of anilines is 1.